The molecule has 2 aromatic carbocycles. The second-order valence-corrected chi connectivity index (χ2v) is 9.48. The van der Waals surface area contributed by atoms with Crippen LogP contribution in [0.15, 0.2) is 42.5 Å². The van der Waals surface area contributed by atoms with Crippen LogP contribution in [0.5, 0.6) is 0 Å². The molecule has 1 saturated heterocycles. The Balaban J connectivity index is 1.79. The normalized spacial score (nSPS) is 18.6. The average Bonchev–Trinajstić information content (AvgIpc) is 2.97. The molecule has 0 saturated carbocycles. The van der Waals surface area contributed by atoms with E-state index in [1.165, 1.54) is 0 Å². The number of para-hydroxylation sites is 1. The van der Waals surface area contributed by atoms with Crippen molar-refractivity contribution in [1.29, 1.82) is 0 Å². The van der Waals surface area contributed by atoms with E-state index in [9.17, 15) is 14.4 Å². The SMILES string of the molecule is CCc1cccc(CC)c1NC(=O)CN1C(=O)NC(C)(c2ccc(C(C)(C)C)cc2)C1=O. The Morgan fingerprint density at radius 1 is 1.00 bits per heavy atom. The number of urea groups is 1. The summed E-state index contributed by atoms with van der Waals surface area (Å²) in [4.78, 5) is 39.7. The molecule has 2 aromatic rings. The molecule has 4 amide bonds. The Morgan fingerprint density at radius 2 is 1.56 bits per heavy atom. The maximum Gasteiger partial charge on any atom is 0.325 e. The Morgan fingerprint density at radius 3 is 2.06 bits per heavy atom. The van der Waals surface area contributed by atoms with E-state index < -0.39 is 23.4 Å². The first-order chi connectivity index (χ1) is 15.0. The van der Waals surface area contributed by atoms with Crippen LogP contribution in [0.1, 0.15) is 63.8 Å². The van der Waals surface area contributed by atoms with Gasteiger partial charge >= 0.3 is 6.03 Å². The van der Waals surface area contributed by atoms with E-state index in [4.69, 9.17) is 0 Å². The molecule has 32 heavy (non-hydrogen) atoms. The number of hydrogen-bond donors (Lipinski definition) is 2. The van der Waals surface area contributed by atoms with Crippen molar-refractivity contribution in [2.45, 2.75) is 65.3 Å². The third-order valence-electron chi connectivity index (χ3n) is 6.17. The highest BCUT2D eigenvalue weighted by atomic mass is 16.2. The van der Waals surface area contributed by atoms with Crippen LogP contribution in [0.25, 0.3) is 0 Å². The molecule has 170 valence electrons. The summed E-state index contributed by atoms with van der Waals surface area (Å²) in [5.74, 6) is -0.822. The summed E-state index contributed by atoms with van der Waals surface area (Å²) >= 11 is 0. The molecular formula is C26H33N3O3. The Hall–Kier alpha value is -3.15. The summed E-state index contributed by atoms with van der Waals surface area (Å²) in [6, 6.07) is 13.0. The van der Waals surface area contributed by atoms with Crippen molar-refractivity contribution in [3.05, 3.63) is 64.7 Å². The molecule has 3 rings (SSSR count). The van der Waals surface area contributed by atoms with Gasteiger partial charge in [0, 0.05) is 5.69 Å². The number of nitrogens with zero attached hydrogens (tertiary/aromatic N) is 1. The van der Waals surface area contributed by atoms with Crippen molar-refractivity contribution >= 4 is 23.5 Å². The zero-order chi connectivity index (χ0) is 23.7. The van der Waals surface area contributed by atoms with E-state index >= 15 is 0 Å². The summed E-state index contributed by atoms with van der Waals surface area (Å²) < 4.78 is 0. The van der Waals surface area contributed by atoms with Crippen molar-refractivity contribution in [2.24, 2.45) is 0 Å². The van der Waals surface area contributed by atoms with Crippen molar-refractivity contribution < 1.29 is 14.4 Å². The fourth-order valence-electron chi connectivity index (χ4n) is 4.07. The maximum absolute atomic E-state index is 13.2. The summed E-state index contributed by atoms with van der Waals surface area (Å²) in [5.41, 5.74) is 3.44. The third-order valence-corrected chi connectivity index (χ3v) is 6.17. The van der Waals surface area contributed by atoms with Gasteiger partial charge in [-0.15, -0.1) is 0 Å². The first-order valence-corrected chi connectivity index (χ1v) is 11.2. The van der Waals surface area contributed by atoms with Gasteiger partial charge in [0.1, 0.15) is 12.1 Å². The van der Waals surface area contributed by atoms with Crippen LogP contribution >= 0.6 is 0 Å². The number of anilines is 1. The summed E-state index contributed by atoms with van der Waals surface area (Å²) in [6.45, 7) is 11.8. The molecule has 0 aliphatic carbocycles. The first-order valence-electron chi connectivity index (χ1n) is 11.2. The molecule has 6 heteroatoms. The monoisotopic (exact) mass is 435 g/mol. The van der Waals surface area contributed by atoms with E-state index in [0.29, 0.717) is 5.56 Å². The van der Waals surface area contributed by atoms with Crippen LogP contribution in [-0.4, -0.2) is 29.3 Å². The standard InChI is InChI=1S/C26H33N3O3/c1-7-17-10-9-11-18(8-2)22(17)27-21(30)16-29-23(31)26(6,28-24(29)32)20-14-12-19(13-15-20)25(3,4)5/h9-15H,7-8,16H2,1-6H3,(H,27,30)(H,28,32). The number of hydrogen-bond acceptors (Lipinski definition) is 3. The van der Waals surface area contributed by atoms with Crippen LogP contribution in [0.4, 0.5) is 10.5 Å². The number of carbonyl (C=O) groups excluding carboxylic acids is 3. The topological polar surface area (TPSA) is 78.5 Å². The number of nitrogens with one attached hydrogen (secondary N) is 2. The number of imide groups is 1. The minimum atomic E-state index is -1.20. The highest BCUT2D eigenvalue weighted by molar-refractivity contribution is 6.10. The molecule has 0 aromatic heterocycles. The van der Waals surface area contributed by atoms with E-state index in [0.717, 1.165) is 40.1 Å². The van der Waals surface area contributed by atoms with E-state index in [1.54, 1.807) is 6.92 Å². The number of amides is 4. The number of benzene rings is 2. The second-order valence-electron chi connectivity index (χ2n) is 9.48. The van der Waals surface area contributed by atoms with Gasteiger partial charge in [0.15, 0.2) is 0 Å². The van der Waals surface area contributed by atoms with Gasteiger partial charge in [0.2, 0.25) is 5.91 Å². The molecule has 1 atom stereocenters. The van der Waals surface area contributed by atoms with Gasteiger partial charge < -0.3 is 10.6 Å². The molecule has 0 spiro atoms. The van der Waals surface area contributed by atoms with Crippen molar-refractivity contribution in [2.75, 3.05) is 11.9 Å². The summed E-state index contributed by atoms with van der Waals surface area (Å²) in [7, 11) is 0. The average molecular weight is 436 g/mol. The fraction of sp³-hybridized carbons (Fsp3) is 0.423. The molecule has 1 aliphatic rings. The lowest BCUT2D eigenvalue weighted by molar-refractivity contribution is -0.133. The minimum Gasteiger partial charge on any atom is -0.324 e. The van der Waals surface area contributed by atoms with Crippen molar-refractivity contribution in [3.8, 4) is 0 Å². The molecule has 1 fully saturated rings. The highest BCUT2D eigenvalue weighted by Crippen LogP contribution is 2.31. The van der Waals surface area contributed by atoms with Gasteiger partial charge in [-0.05, 0) is 47.4 Å². The fourth-order valence-corrected chi connectivity index (χ4v) is 4.07. The van der Waals surface area contributed by atoms with Gasteiger partial charge in [0.05, 0.1) is 0 Å². The third kappa shape index (κ3) is 4.40. The second kappa shape index (κ2) is 8.77. The van der Waals surface area contributed by atoms with Gasteiger partial charge in [-0.1, -0.05) is 77.1 Å². The smallest absolute Gasteiger partial charge is 0.324 e. The molecule has 0 bridgehead atoms. The zero-order valence-corrected chi connectivity index (χ0v) is 19.8. The molecule has 1 heterocycles. The largest absolute Gasteiger partial charge is 0.325 e. The van der Waals surface area contributed by atoms with Gasteiger partial charge in [-0.3, -0.25) is 14.5 Å². The van der Waals surface area contributed by atoms with Crippen LogP contribution in [0.3, 0.4) is 0 Å². The van der Waals surface area contributed by atoms with Crippen LogP contribution < -0.4 is 10.6 Å². The summed E-state index contributed by atoms with van der Waals surface area (Å²) in [6.07, 6.45) is 1.55. The van der Waals surface area contributed by atoms with Crippen LogP contribution in [0.2, 0.25) is 0 Å². The Bertz CT molecular complexity index is 1020. The van der Waals surface area contributed by atoms with E-state index in [2.05, 4.69) is 31.4 Å². The number of carbonyl (C=O) groups is 3. The molecule has 6 nitrogen and oxygen atoms in total. The van der Waals surface area contributed by atoms with Gasteiger partial charge in [-0.2, -0.15) is 0 Å². The molecule has 0 radical (unpaired) electrons. The quantitative estimate of drug-likeness (QED) is 0.655. The highest BCUT2D eigenvalue weighted by Gasteiger charge is 2.49. The lowest BCUT2D eigenvalue weighted by atomic mass is 9.84. The minimum absolute atomic E-state index is 0.0153. The molecule has 2 N–H and O–H groups in total. The van der Waals surface area contributed by atoms with Crippen molar-refractivity contribution in [3.63, 3.8) is 0 Å². The molecular weight excluding hydrogens is 402 g/mol. The Kier molecular flexibility index (Phi) is 6.44. The van der Waals surface area contributed by atoms with Crippen molar-refractivity contribution in [1.82, 2.24) is 10.2 Å². The number of rotatable bonds is 6. The van der Waals surface area contributed by atoms with Gasteiger partial charge in [0.25, 0.3) is 5.91 Å². The number of aryl methyl sites for hydroxylation is 2. The maximum atomic E-state index is 13.2. The van der Waals surface area contributed by atoms with Crippen LogP contribution in [0, 0.1) is 0 Å². The molecule has 1 aliphatic heterocycles. The predicted molar refractivity (Wildman–Crippen MR) is 127 cm³/mol. The summed E-state index contributed by atoms with van der Waals surface area (Å²) in [5, 5.41) is 5.70. The molecule has 1 unspecified atom stereocenters. The lowest BCUT2D eigenvalue weighted by Crippen LogP contribution is -2.42. The van der Waals surface area contributed by atoms with E-state index in [1.807, 2.05) is 56.3 Å². The first kappa shape index (κ1) is 23.5. The van der Waals surface area contributed by atoms with Crippen LogP contribution in [-0.2, 0) is 33.4 Å². The lowest BCUT2D eigenvalue weighted by Gasteiger charge is -2.24. The predicted octanol–water partition coefficient (Wildman–Crippen LogP) is 4.51. The zero-order valence-electron chi connectivity index (χ0n) is 19.8. The Labute approximate surface area is 190 Å². The van der Waals surface area contributed by atoms with Gasteiger partial charge in [-0.25, -0.2) is 4.79 Å². The van der Waals surface area contributed by atoms with E-state index in [-0.39, 0.29) is 12.0 Å².